The van der Waals surface area contributed by atoms with Gasteiger partial charge in [0.15, 0.2) is 0 Å². The Morgan fingerprint density at radius 3 is 2.75 bits per heavy atom. The minimum absolute atomic E-state index is 0.0372. The van der Waals surface area contributed by atoms with E-state index in [4.69, 9.17) is 10.9 Å². The van der Waals surface area contributed by atoms with Crippen LogP contribution in [0.4, 0.5) is 14.9 Å². The molecule has 0 radical (unpaired) electrons. The number of carbonyl (C=O) groups is 1. The van der Waals surface area contributed by atoms with Crippen molar-refractivity contribution in [3.05, 3.63) is 29.1 Å². The molecule has 0 aliphatic rings. The van der Waals surface area contributed by atoms with Crippen LogP contribution in [0.25, 0.3) is 0 Å². The van der Waals surface area contributed by atoms with Crippen LogP contribution in [0.3, 0.4) is 0 Å². The van der Waals surface area contributed by atoms with Gasteiger partial charge in [0.25, 0.3) is 0 Å². The number of aryl methyl sites for hydroxylation is 1. The average molecular weight is 227 g/mol. The van der Waals surface area contributed by atoms with Crippen LogP contribution >= 0.6 is 0 Å². The van der Waals surface area contributed by atoms with Gasteiger partial charge in [-0.1, -0.05) is 6.07 Å². The van der Waals surface area contributed by atoms with Gasteiger partial charge in [0.2, 0.25) is 0 Å². The normalized spacial score (nSPS) is 10.1. The number of hydrogen-bond donors (Lipinski definition) is 3. The van der Waals surface area contributed by atoms with Crippen molar-refractivity contribution in [2.75, 3.05) is 12.4 Å². The van der Waals surface area contributed by atoms with Crippen molar-refractivity contribution in [2.24, 2.45) is 5.84 Å². The second kappa shape index (κ2) is 4.91. The zero-order valence-electron chi connectivity index (χ0n) is 9.12. The maximum Gasteiger partial charge on any atom is 0.335 e. The fraction of sp³-hybridized carbons (Fsp3) is 0.300. The molecule has 0 saturated carbocycles. The highest BCUT2D eigenvalue weighted by Gasteiger charge is 2.14. The molecule has 16 heavy (non-hydrogen) atoms. The van der Waals surface area contributed by atoms with E-state index < -0.39 is 11.8 Å². The lowest BCUT2D eigenvalue weighted by Gasteiger charge is -2.16. The lowest BCUT2D eigenvalue weighted by molar-refractivity contribution is 0.223. The van der Waals surface area contributed by atoms with E-state index in [-0.39, 0.29) is 12.3 Å². The molecule has 2 amide bonds. The Labute approximate surface area is 92.6 Å². The van der Waals surface area contributed by atoms with E-state index in [1.807, 2.05) is 0 Å². The van der Waals surface area contributed by atoms with Gasteiger partial charge >= 0.3 is 6.03 Å². The van der Waals surface area contributed by atoms with Gasteiger partial charge in [-0.2, -0.15) is 0 Å². The van der Waals surface area contributed by atoms with E-state index >= 15 is 0 Å². The number of nitrogens with zero attached hydrogens (tertiary/aromatic N) is 1. The number of amides is 2. The Kier molecular flexibility index (Phi) is 3.81. The Hall–Kier alpha value is -1.66. The van der Waals surface area contributed by atoms with Gasteiger partial charge in [0, 0.05) is 12.6 Å². The summed E-state index contributed by atoms with van der Waals surface area (Å²) < 4.78 is 13.5. The summed E-state index contributed by atoms with van der Waals surface area (Å²) in [7, 11) is 1.33. The molecule has 0 aliphatic carbocycles. The average Bonchev–Trinajstić information content (AvgIpc) is 2.23. The zero-order valence-corrected chi connectivity index (χ0v) is 9.12. The van der Waals surface area contributed by atoms with Crippen molar-refractivity contribution in [3.8, 4) is 0 Å². The number of anilines is 1. The third kappa shape index (κ3) is 2.47. The summed E-state index contributed by atoms with van der Waals surface area (Å²) in [6.45, 7) is 1.36. The number of rotatable bonds is 2. The van der Waals surface area contributed by atoms with Gasteiger partial charge in [0.1, 0.15) is 5.82 Å². The number of nitrogens with two attached hydrogens (primary N) is 1. The van der Waals surface area contributed by atoms with Crippen molar-refractivity contribution in [1.82, 2.24) is 5.01 Å². The molecule has 0 heterocycles. The van der Waals surface area contributed by atoms with E-state index in [0.717, 1.165) is 5.01 Å². The fourth-order valence-electron chi connectivity index (χ4n) is 1.26. The lowest BCUT2D eigenvalue weighted by atomic mass is 10.1. The summed E-state index contributed by atoms with van der Waals surface area (Å²) >= 11 is 0. The van der Waals surface area contributed by atoms with Crippen molar-refractivity contribution >= 4 is 11.7 Å². The van der Waals surface area contributed by atoms with Crippen molar-refractivity contribution in [2.45, 2.75) is 13.5 Å². The first kappa shape index (κ1) is 12.4. The van der Waals surface area contributed by atoms with Crippen LogP contribution in [0.1, 0.15) is 11.1 Å². The van der Waals surface area contributed by atoms with Gasteiger partial charge in [-0.15, -0.1) is 0 Å². The Morgan fingerprint density at radius 1 is 1.62 bits per heavy atom. The van der Waals surface area contributed by atoms with Gasteiger partial charge < -0.3 is 10.4 Å². The van der Waals surface area contributed by atoms with Crippen LogP contribution in [0, 0.1) is 12.7 Å². The smallest absolute Gasteiger partial charge is 0.335 e. The monoisotopic (exact) mass is 227 g/mol. The molecule has 6 heteroatoms. The first-order chi connectivity index (χ1) is 7.47. The van der Waals surface area contributed by atoms with E-state index in [1.165, 1.54) is 19.2 Å². The van der Waals surface area contributed by atoms with Crippen LogP contribution in [0.2, 0.25) is 0 Å². The molecule has 1 aromatic carbocycles. The minimum atomic E-state index is -0.654. The van der Waals surface area contributed by atoms with Crippen molar-refractivity contribution < 1.29 is 14.3 Å². The third-order valence-corrected chi connectivity index (χ3v) is 2.21. The summed E-state index contributed by atoms with van der Waals surface area (Å²) in [4.78, 5) is 11.3. The summed E-state index contributed by atoms with van der Waals surface area (Å²) in [6, 6.07) is 2.10. The maximum absolute atomic E-state index is 13.5. The molecule has 0 atom stereocenters. The predicted molar refractivity (Wildman–Crippen MR) is 58.0 cm³/mol. The van der Waals surface area contributed by atoms with Gasteiger partial charge in [0.05, 0.1) is 12.3 Å². The summed E-state index contributed by atoms with van der Waals surface area (Å²) in [5.74, 6) is 4.59. The second-order valence-corrected chi connectivity index (χ2v) is 3.42. The summed E-state index contributed by atoms with van der Waals surface area (Å²) in [5, 5.41) is 12.2. The first-order valence-corrected chi connectivity index (χ1v) is 4.65. The highest BCUT2D eigenvalue weighted by molar-refractivity contribution is 5.90. The van der Waals surface area contributed by atoms with Crippen molar-refractivity contribution in [1.29, 1.82) is 0 Å². The third-order valence-electron chi connectivity index (χ3n) is 2.21. The summed E-state index contributed by atoms with van der Waals surface area (Å²) in [6.07, 6.45) is 0. The van der Waals surface area contributed by atoms with Gasteiger partial charge in [-0.3, -0.25) is 5.01 Å². The van der Waals surface area contributed by atoms with Crippen LogP contribution in [0.15, 0.2) is 12.1 Å². The number of hydrogen-bond acceptors (Lipinski definition) is 3. The standard InChI is InChI=1S/C10H14FN3O2/c1-6-3-4-8(11)9(7(6)5-15)13-10(16)14(2)12/h3-4,15H,5,12H2,1-2H3,(H,13,16). The van der Waals surface area contributed by atoms with E-state index in [0.29, 0.717) is 11.1 Å². The van der Waals surface area contributed by atoms with Crippen molar-refractivity contribution in [3.63, 3.8) is 0 Å². The number of benzene rings is 1. The number of aliphatic hydroxyl groups excluding tert-OH is 1. The fourth-order valence-corrected chi connectivity index (χ4v) is 1.26. The van der Waals surface area contributed by atoms with E-state index in [9.17, 15) is 9.18 Å². The molecule has 5 nitrogen and oxygen atoms in total. The number of carbonyl (C=O) groups excluding carboxylic acids is 1. The van der Waals surface area contributed by atoms with E-state index in [1.54, 1.807) is 6.92 Å². The SMILES string of the molecule is Cc1ccc(F)c(NC(=O)N(C)N)c1CO. The molecule has 0 spiro atoms. The van der Waals surface area contributed by atoms with Crippen LogP contribution in [0.5, 0.6) is 0 Å². The predicted octanol–water partition coefficient (Wildman–Crippen LogP) is 0.964. The molecule has 0 aromatic heterocycles. The summed E-state index contributed by atoms with van der Waals surface area (Å²) in [5.41, 5.74) is 0.999. The first-order valence-electron chi connectivity index (χ1n) is 4.65. The zero-order chi connectivity index (χ0) is 12.3. The molecular weight excluding hydrogens is 213 g/mol. The van der Waals surface area contributed by atoms with Crippen LogP contribution < -0.4 is 11.2 Å². The molecule has 0 aliphatic heterocycles. The van der Waals surface area contributed by atoms with Gasteiger partial charge in [-0.25, -0.2) is 15.0 Å². The molecular formula is C10H14FN3O2. The highest BCUT2D eigenvalue weighted by atomic mass is 19.1. The van der Waals surface area contributed by atoms with Crippen LogP contribution in [-0.4, -0.2) is 23.2 Å². The Balaban J connectivity index is 3.11. The maximum atomic E-state index is 13.5. The molecule has 0 fully saturated rings. The molecule has 4 N–H and O–H groups in total. The second-order valence-electron chi connectivity index (χ2n) is 3.42. The number of hydrazine groups is 1. The number of halogens is 1. The van der Waals surface area contributed by atoms with Crippen LogP contribution in [-0.2, 0) is 6.61 Å². The Bertz CT molecular complexity index is 407. The molecule has 88 valence electrons. The van der Waals surface area contributed by atoms with E-state index in [2.05, 4.69) is 5.32 Å². The molecule has 1 aromatic rings. The Morgan fingerprint density at radius 2 is 2.25 bits per heavy atom. The lowest BCUT2D eigenvalue weighted by Crippen LogP contribution is -2.37. The largest absolute Gasteiger partial charge is 0.392 e. The molecule has 0 saturated heterocycles. The quantitative estimate of drug-likeness (QED) is 0.400. The van der Waals surface area contributed by atoms with Gasteiger partial charge in [-0.05, 0) is 18.6 Å². The number of urea groups is 1. The molecule has 0 bridgehead atoms. The molecule has 0 unspecified atom stereocenters. The topological polar surface area (TPSA) is 78.6 Å². The minimum Gasteiger partial charge on any atom is -0.392 e. The highest BCUT2D eigenvalue weighted by Crippen LogP contribution is 2.23. The number of nitrogens with one attached hydrogen (secondary N) is 1. The molecule has 1 rings (SSSR count). The number of aliphatic hydroxyl groups is 1.